The standard InChI is InChI=1S/C17H17O2P/c18-20(13-7-3-1-4-8-13,14-9-5-2-6-10-14)16-12-11-15-17(16)19-15/h1-10,15-17H,11-12H2/t15-,16+,17-/m0/s1. The Labute approximate surface area is 119 Å². The Kier molecular flexibility index (Phi) is 2.83. The minimum absolute atomic E-state index is 0.150. The van der Waals surface area contributed by atoms with Crippen molar-refractivity contribution in [1.29, 1.82) is 0 Å². The van der Waals surface area contributed by atoms with Gasteiger partial charge in [-0.3, -0.25) is 0 Å². The number of rotatable bonds is 3. The zero-order valence-corrected chi connectivity index (χ0v) is 12.1. The average molecular weight is 284 g/mol. The lowest BCUT2D eigenvalue weighted by Crippen LogP contribution is -2.27. The van der Waals surface area contributed by atoms with Crippen LogP contribution in [0.25, 0.3) is 0 Å². The Balaban J connectivity index is 1.87. The van der Waals surface area contributed by atoms with Crippen LogP contribution in [0.3, 0.4) is 0 Å². The van der Waals surface area contributed by atoms with Crippen molar-refractivity contribution >= 4 is 17.8 Å². The van der Waals surface area contributed by atoms with Gasteiger partial charge < -0.3 is 9.30 Å². The molecule has 0 amide bonds. The first-order valence-electron chi connectivity index (χ1n) is 7.16. The van der Waals surface area contributed by atoms with Crippen molar-refractivity contribution in [3.63, 3.8) is 0 Å². The molecule has 102 valence electrons. The van der Waals surface area contributed by atoms with Gasteiger partial charge in [0, 0.05) is 16.3 Å². The van der Waals surface area contributed by atoms with E-state index in [1.807, 2.05) is 60.7 Å². The molecule has 3 heteroatoms. The number of benzene rings is 2. The van der Waals surface area contributed by atoms with E-state index in [1.165, 1.54) is 0 Å². The summed E-state index contributed by atoms with van der Waals surface area (Å²) in [6, 6.07) is 19.9. The summed E-state index contributed by atoms with van der Waals surface area (Å²) in [4.78, 5) is 0. The Morgan fingerprint density at radius 3 is 1.80 bits per heavy atom. The molecule has 1 saturated carbocycles. The molecule has 1 heterocycles. The highest BCUT2D eigenvalue weighted by Crippen LogP contribution is 2.59. The summed E-state index contributed by atoms with van der Waals surface area (Å²) in [5.41, 5.74) is 0.150. The normalized spacial score (nSPS) is 28.1. The topological polar surface area (TPSA) is 29.6 Å². The van der Waals surface area contributed by atoms with Crippen molar-refractivity contribution in [2.75, 3.05) is 0 Å². The highest BCUT2D eigenvalue weighted by Gasteiger charge is 2.57. The van der Waals surface area contributed by atoms with E-state index in [4.69, 9.17) is 4.74 Å². The maximum absolute atomic E-state index is 14.0. The van der Waals surface area contributed by atoms with Crippen LogP contribution in [-0.2, 0) is 9.30 Å². The SMILES string of the molecule is O=P(c1ccccc1)(c1ccccc1)[C@@H]1CC[C@@H]2O[C@@H]21. The summed E-state index contributed by atoms with van der Waals surface area (Å²) in [5.74, 6) is 0. The predicted octanol–water partition coefficient (Wildman–Crippen LogP) is 2.93. The minimum atomic E-state index is -2.61. The molecule has 0 N–H and O–H groups in total. The molecule has 0 aromatic heterocycles. The Morgan fingerprint density at radius 2 is 1.40 bits per heavy atom. The highest BCUT2D eigenvalue weighted by atomic mass is 31.2. The number of fused-ring (bicyclic) bond motifs is 1. The van der Waals surface area contributed by atoms with Gasteiger partial charge in [0.15, 0.2) is 0 Å². The van der Waals surface area contributed by atoms with Crippen LogP contribution in [0, 0.1) is 0 Å². The number of epoxide rings is 1. The van der Waals surface area contributed by atoms with Crippen LogP contribution in [0.2, 0.25) is 0 Å². The fourth-order valence-corrected chi connectivity index (χ4v) is 6.93. The van der Waals surface area contributed by atoms with Gasteiger partial charge in [0.05, 0.1) is 12.2 Å². The number of hydrogen-bond acceptors (Lipinski definition) is 2. The monoisotopic (exact) mass is 284 g/mol. The van der Waals surface area contributed by atoms with E-state index < -0.39 is 7.14 Å². The zero-order valence-electron chi connectivity index (χ0n) is 11.2. The van der Waals surface area contributed by atoms with E-state index in [9.17, 15) is 4.57 Å². The quantitative estimate of drug-likeness (QED) is 0.640. The third kappa shape index (κ3) is 1.79. The van der Waals surface area contributed by atoms with Crippen LogP contribution in [0.1, 0.15) is 12.8 Å². The highest BCUT2D eigenvalue weighted by molar-refractivity contribution is 7.79. The van der Waals surface area contributed by atoms with Gasteiger partial charge in [0.2, 0.25) is 0 Å². The summed E-state index contributed by atoms with van der Waals surface area (Å²) in [6.07, 6.45) is 2.64. The van der Waals surface area contributed by atoms with Gasteiger partial charge in [0.25, 0.3) is 0 Å². The predicted molar refractivity (Wildman–Crippen MR) is 81.4 cm³/mol. The van der Waals surface area contributed by atoms with Crippen LogP contribution < -0.4 is 10.6 Å². The third-order valence-corrected chi connectivity index (χ3v) is 8.11. The zero-order chi connectivity index (χ0) is 13.6. The molecule has 20 heavy (non-hydrogen) atoms. The second kappa shape index (κ2) is 4.58. The summed E-state index contributed by atoms with van der Waals surface area (Å²) >= 11 is 0. The van der Waals surface area contributed by atoms with Gasteiger partial charge in [-0.15, -0.1) is 0 Å². The molecule has 4 rings (SSSR count). The fourth-order valence-electron chi connectivity index (χ4n) is 3.45. The van der Waals surface area contributed by atoms with Gasteiger partial charge in [-0.05, 0) is 12.8 Å². The van der Waals surface area contributed by atoms with Gasteiger partial charge in [-0.2, -0.15) is 0 Å². The molecular formula is C17H17O2P. The Hall–Kier alpha value is -1.37. The molecule has 2 aromatic rings. The summed E-state index contributed by atoms with van der Waals surface area (Å²) in [7, 11) is -2.61. The van der Waals surface area contributed by atoms with Crippen molar-refractivity contribution in [3.05, 3.63) is 60.7 Å². The lowest BCUT2D eigenvalue weighted by atomic mass is 10.3. The first-order valence-corrected chi connectivity index (χ1v) is 8.94. The van der Waals surface area contributed by atoms with Crippen LogP contribution in [0.15, 0.2) is 60.7 Å². The molecule has 0 radical (unpaired) electrons. The van der Waals surface area contributed by atoms with E-state index >= 15 is 0 Å². The van der Waals surface area contributed by atoms with Crippen LogP contribution >= 0.6 is 7.14 Å². The van der Waals surface area contributed by atoms with E-state index in [0.29, 0.717) is 6.10 Å². The Morgan fingerprint density at radius 1 is 0.850 bits per heavy atom. The molecule has 1 saturated heterocycles. The lowest BCUT2D eigenvalue weighted by molar-refractivity contribution is 0.323. The number of ether oxygens (including phenoxy) is 1. The van der Waals surface area contributed by atoms with E-state index in [1.54, 1.807) is 0 Å². The van der Waals surface area contributed by atoms with Crippen molar-refractivity contribution in [2.45, 2.75) is 30.7 Å². The van der Waals surface area contributed by atoms with Crippen molar-refractivity contribution in [1.82, 2.24) is 0 Å². The molecule has 0 unspecified atom stereocenters. The smallest absolute Gasteiger partial charge is 0.148 e. The molecule has 2 nitrogen and oxygen atoms in total. The molecular weight excluding hydrogens is 267 g/mol. The summed E-state index contributed by atoms with van der Waals surface area (Å²) < 4.78 is 19.7. The lowest BCUT2D eigenvalue weighted by Gasteiger charge is -2.26. The van der Waals surface area contributed by atoms with E-state index in [-0.39, 0.29) is 11.8 Å². The van der Waals surface area contributed by atoms with E-state index in [2.05, 4.69) is 0 Å². The molecule has 2 aliphatic rings. The molecule has 1 aliphatic heterocycles. The first kappa shape index (κ1) is 12.4. The van der Waals surface area contributed by atoms with E-state index in [0.717, 1.165) is 23.5 Å². The van der Waals surface area contributed by atoms with Gasteiger partial charge >= 0.3 is 0 Å². The Bertz CT molecular complexity index is 610. The molecule has 2 fully saturated rings. The fraction of sp³-hybridized carbons (Fsp3) is 0.294. The van der Waals surface area contributed by atoms with Gasteiger partial charge in [0.1, 0.15) is 7.14 Å². The maximum atomic E-state index is 14.0. The summed E-state index contributed by atoms with van der Waals surface area (Å²) in [6.45, 7) is 0. The van der Waals surface area contributed by atoms with Crippen LogP contribution in [0.4, 0.5) is 0 Å². The second-order valence-corrected chi connectivity index (χ2v) is 8.62. The molecule has 3 atom stereocenters. The third-order valence-electron chi connectivity index (χ3n) is 4.49. The van der Waals surface area contributed by atoms with Crippen LogP contribution in [0.5, 0.6) is 0 Å². The second-order valence-electron chi connectivity index (χ2n) is 5.61. The van der Waals surface area contributed by atoms with Gasteiger partial charge in [-0.1, -0.05) is 60.7 Å². The number of hydrogen-bond donors (Lipinski definition) is 0. The molecule has 2 aromatic carbocycles. The maximum Gasteiger partial charge on any atom is 0.148 e. The summed E-state index contributed by atoms with van der Waals surface area (Å²) in [5, 5.41) is 1.93. The minimum Gasteiger partial charge on any atom is -0.369 e. The molecule has 0 bridgehead atoms. The van der Waals surface area contributed by atoms with Crippen molar-refractivity contribution in [2.24, 2.45) is 0 Å². The van der Waals surface area contributed by atoms with Crippen molar-refractivity contribution in [3.8, 4) is 0 Å². The first-order chi connectivity index (χ1) is 9.80. The van der Waals surface area contributed by atoms with Gasteiger partial charge in [-0.25, -0.2) is 0 Å². The van der Waals surface area contributed by atoms with Crippen LogP contribution in [-0.4, -0.2) is 17.9 Å². The average Bonchev–Trinajstić information content (AvgIpc) is 3.18. The van der Waals surface area contributed by atoms with Crippen molar-refractivity contribution < 1.29 is 9.30 Å². The largest absolute Gasteiger partial charge is 0.369 e. The molecule has 0 spiro atoms. The molecule has 1 aliphatic carbocycles.